The number of aliphatic carboxylic acids is 1. The molecule has 2 atom stereocenters. The molecule has 2 amide bonds. The van der Waals surface area contributed by atoms with Crippen LogP contribution in [0.1, 0.15) is 28.4 Å². The Hall–Kier alpha value is -3.87. The highest BCUT2D eigenvalue weighted by atomic mass is 35.5. The van der Waals surface area contributed by atoms with Crippen LogP contribution in [0.4, 0.5) is 8.78 Å². The number of carbonyl (C=O) groups excluding carboxylic acids is 2. The fourth-order valence-electron chi connectivity index (χ4n) is 4.21. The second kappa shape index (κ2) is 11.5. The van der Waals surface area contributed by atoms with Crippen LogP contribution in [-0.2, 0) is 19.6 Å². The molecule has 39 heavy (non-hydrogen) atoms. The van der Waals surface area contributed by atoms with Crippen LogP contribution in [0.2, 0.25) is 5.02 Å². The lowest BCUT2D eigenvalue weighted by Crippen LogP contribution is -2.54. The van der Waals surface area contributed by atoms with Gasteiger partial charge in [0.1, 0.15) is 11.6 Å². The summed E-state index contributed by atoms with van der Waals surface area (Å²) in [6.45, 7) is -0.433. The molecule has 13 heteroatoms. The number of carboxylic acids is 1. The number of carboxylic acid groups (broad SMARTS) is 1. The molecule has 1 fully saturated rings. The summed E-state index contributed by atoms with van der Waals surface area (Å²) >= 11 is 5.91. The zero-order valence-corrected chi connectivity index (χ0v) is 21.7. The van der Waals surface area contributed by atoms with E-state index in [0.29, 0.717) is 5.02 Å². The van der Waals surface area contributed by atoms with Crippen LogP contribution in [0.25, 0.3) is 0 Å². The SMILES string of the molecule is O=C(O)CC(NC(=O)C1N(C(=O)c2ccc(Cl)cc2)CCN1S(=O)(=O)c1ccc(F)cc1)c1ccc(F)cc1. The van der Waals surface area contributed by atoms with Gasteiger partial charge < -0.3 is 15.3 Å². The number of hydrogen-bond donors (Lipinski definition) is 2. The number of nitrogens with zero attached hydrogens (tertiary/aromatic N) is 2. The van der Waals surface area contributed by atoms with Crippen LogP contribution in [0.15, 0.2) is 77.7 Å². The minimum Gasteiger partial charge on any atom is -0.481 e. The first-order valence-electron chi connectivity index (χ1n) is 11.6. The van der Waals surface area contributed by atoms with Crippen LogP contribution in [0.5, 0.6) is 0 Å². The van der Waals surface area contributed by atoms with E-state index in [1.54, 1.807) is 0 Å². The van der Waals surface area contributed by atoms with Crippen LogP contribution in [-0.4, -0.2) is 59.8 Å². The van der Waals surface area contributed by atoms with Crippen molar-refractivity contribution in [3.63, 3.8) is 0 Å². The van der Waals surface area contributed by atoms with Gasteiger partial charge in [0.2, 0.25) is 10.0 Å². The number of carbonyl (C=O) groups is 3. The van der Waals surface area contributed by atoms with Gasteiger partial charge in [-0.05, 0) is 66.2 Å². The molecule has 1 heterocycles. The fraction of sp³-hybridized carbons (Fsp3) is 0.192. The van der Waals surface area contributed by atoms with Gasteiger partial charge in [-0.15, -0.1) is 0 Å². The van der Waals surface area contributed by atoms with Crippen molar-refractivity contribution in [2.24, 2.45) is 0 Å². The van der Waals surface area contributed by atoms with Crippen molar-refractivity contribution in [1.82, 2.24) is 14.5 Å². The molecule has 0 saturated carbocycles. The van der Waals surface area contributed by atoms with E-state index in [4.69, 9.17) is 11.6 Å². The van der Waals surface area contributed by atoms with Crippen LogP contribution >= 0.6 is 11.6 Å². The second-order valence-electron chi connectivity index (χ2n) is 8.66. The Balaban J connectivity index is 1.72. The normalized spacial score (nSPS) is 16.6. The highest BCUT2D eigenvalue weighted by molar-refractivity contribution is 7.89. The largest absolute Gasteiger partial charge is 0.481 e. The van der Waals surface area contributed by atoms with Crippen LogP contribution in [0, 0.1) is 11.6 Å². The smallest absolute Gasteiger partial charge is 0.305 e. The summed E-state index contributed by atoms with van der Waals surface area (Å²) in [6, 6.07) is 13.3. The Morgan fingerprint density at radius 2 is 1.49 bits per heavy atom. The molecule has 0 aliphatic carbocycles. The van der Waals surface area contributed by atoms with E-state index < -0.39 is 58.1 Å². The Kier molecular flexibility index (Phi) is 8.28. The molecular weight excluding hydrogens is 556 g/mol. The van der Waals surface area contributed by atoms with E-state index in [0.717, 1.165) is 45.6 Å². The van der Waals surface area contributed by atoms with Crippen molar-refractivity contribution in [1.29, 1.82) is 0 Å². The van der Waals surface area contributed by atoms with Gasteiger partial charge in [0, 0.05) is 23.7 Å². The summed E-state index contributed by atoms with van der Waals surface area (Å²) < 4.78 is 54.8. The van der Waals surface area contributed by atoms with Crippen LogP contribution < -0.4 is 5.32 Å². The Bertz CT molecular complexity index is 1490. The zero-order chi connectivity index (χ0) is 28.3. The lowest BCUT2D eigenvalue weighted by atomic mass is 10.0. The minimum absolute atomic E-state index is 0.138. The number of benzene rings is 3. The molecule has 2 N–H and O–H groups in total. The molecule has 3 aromatic carbocycles. The average Bonchev–Trinajstić information content (AvgIpc) is 3.35. The van der Waals surface area contributed by atoms with Gasteiger partial charge in [0.15, 0.2) is 6.17 Å². The first kappa shape index (κ1) is 28.1. The second-order valence-corrected chi connectivity index (χ2v) is 11.0. The molecule has 0 spiro atoms. The monoisotopic (exact) mass is 577 g/mol. The van der Waals surface area contributed by atoms with Crippen LogP contribution in [0.3, 0.4) is 0 Å². The number of nitrogens with one attached hydrogen (secondary N) is 1. The molecule has 4 rings (SSSR count). The maximum Gasteiger partial charge on any atom is 0.305 e. The van der Waals surface area contributed by atoms with E-state index >= 15 is 0 Å². The van der Waals surface area contributed by atoms with E-state index in [1.165, 1.54) is 36.4 Å². The molecule has 2 unspecified atom stereocenters. The molecule has 1 aliphatic heterocycles. The van der Waals surface area contributed by atoms with Crippen molar-refractivity contribution in [3.8, 4) is 0 Å². The number of halogens is 3. The summed E-state index contributed by atoms with van der Waals surface area (Å²) in [5.41, 5.74) is 0.396. The molecule has 0 bridgehead atoms. The van der Waals surface area contributed by atoms with E-state index in [2.05, 4.69) is 5.32 Å². The average molecular weight is 578 g/mol. The van der Waals surface area contributed by atoms with Gasteiger partial charge in [0.25, 0.3) is 11.8 Å². The lowest BCUT2D eigenvalue weighted by Gasteiger charge is -2.30. The zero-order valence-electron chi connectivity index (χ0n) is 20.1. The third kappa shape index (κ3) is 6.24. The van der Waals surface area contributed by atoms with Gasteiger partial charge in [0.05, 0.1) is 17.4 Å². The summed E-state index contributed by atoms with van der Waals surface area (Å²) in [7, 11) is -4.41. The van der Waals surface area contributed by atoms with Gasteiger partial charge >= 0.3 is 5.97 Å². The quantitative estimate of drug-likeness (QED) is 0.423. The maximum absolute atomic E-state index is 13.7. The molecule has 204 valence electrons. The van der Waals surface area contributed by atoms with Crippen molar-refractivity contribution in [3.05, 3.63) is 101 Å². The number of hydrogen-bond acceptors (Lipinski definition) is 5. The Morgan fingerprint density at radius 3 is 2.05 bits per heavy atom. The lowest BCUT2D eigenvalue weighted by molar-refractivity contribution is -0.138. The molecule has 3 aromatic rings. The van der Waals surface area contributed by atoms with Gasteiger partial charge in [-0.25, -0.2) is 17.2 Å². The van der Waals surface area contributed by atoms with Gasteiger partial charge in [-0.2, -0.15) is 4.31 Å². The minimum atomic E-state index is -4.41. The first-order chi connectivity index (χ1) is 18.5. The predicted octanol–water partition coefficient (Wildman–Crippen LogP) is 3.42. The van der Waals surface area contributed by atoms with E-state index in [-0.39, 0.29) is 29.1 Å². The third-order valence-corrected chi connectivity index (χ3v) is 8.22. The fourth-order valence-corrected chi connectivity index (χ4v) is 5.88. The maximum atomic E-state index is 13.7. The van der Waals surface area contributed by atoms with E-state index in [9.17, 15) is 36.7 Å². The van der Waals surface area contributed by atoms with Gasteiger partial charge in [-0.1, -0.05) is 23.7 Å². The van der Waals surface area contributed by atoms with Crippen molar-refractivity contribution >= 4 is 39.4 Å². The standard InChI is InChI=1S/C26H22ClF2N3O6S/c27-18-5-1-17(2-6-18)26(36)31-13-14-32(39(37,38)21-11-9-20(29)10-12-21)25(31)24(35)30-22(15-23(33)34)16-3-7-19(28)8-4-16/h1-12,22,25H,13-15H2,(H,30,35)(H,33,34). The molecule has 0 radical (unpaired) electrons. The third-order valence-electron chi connectivity index (χ3n) is 6.10. The van der Waals surface area contributed by atoms with E-state index in [1.807, 2.05) is 0 Å². The van der Waals surface area contributed by atoms with Crippen molar-refractivity contribution in [2.75, 3.05) is 13.1 Å². The number of sulfonamides is 1. The van der Waals surface area contributed by atoms with Gasteiger partial charge in [-0.3, -0.25) is 14.4 Å². The predicted molar refractivity (Wildman–Crippen MR) is 136 cm³/mol. The summed E-state index contributed by atoms with van der Waals surface area (Å²) in [6.07, 6.45) is -2.31. The molecule has 9 nitrogen and oxygen atoms in total. The Labute approximate surface area is 227 Å². The highest BCUT2D eigenvalue weighted by Crippen LogP contribution is 2.28. The van der Waals surface area contributed by atoms with Crippen molar-refractivity contribution < 1.29 is 36.7 Å². The highest BCUT2D eigenvalue weighted by Gasteiger charge is 2.47. The summed E-state index contributed by atoms with van der Waals surface area (Å²) in [5, 5.41) is 12.3. The Morgan fingerprint density at radius 1 is 0.923 bits per heavy atom. The molecule has 1 saturated heterocycles. The summed E-state index contributed by atoms with van der Waals surface area (Å²) in [4.78, 5) is 39.3. The molecular formula is C26H22ClF2N3O6S. The number of amides is 2. The van der Waals surface area contributed by atoms with Crippen molar-refractivity contribution in [2.45, 2.75) is 23.5 Å². The molecule has 1 aliphatic rings. The summed E-state index contributed by atoms with van der Waals surface area (Å²) in [5.74, 6) is -4.16. The number of rotatable bonds is 8. The first-order valence-corrected chi connectivity index (χ1v) is 13.4. The molecule has 0 aromatic heterocycles. The topological polar surface area (TPSA) is 124 Å².